The summed E-state index contributed by atoms with van der Waals surface area (Å²) in [7, 11) is 0. The minimum atomic E-state index is -1.00. The minimum absolute atomic E-state index is 0.0134. The Morgan fingerprint density at radius 1 is 1.39 bits per heavy atom. The Hall–Kier alpha value is -1.75. The molecule has 1 rings (SSSR count). The predicted octanol–water partition coefficient (Wildman–Crippen LogP) is 1.37. The number of likely N-dealkylation sites (N-methyl/N-ethyl adjacent to an activating group) is 1. The number of aliphatic carboxylic acids is 1. The van der Waals surface area contributed by atoms with Gasteiger partial charge >= 0.3 is 5.97 Å². The van der Waals surface area contributed by atoms with Crippen LogP contribution in [-0.2, 0) is 9.59 Å². The summed E-state index contributed by atoms with van der Waals surface area (Å²) in [5, 5.41) is 12.0. The standard InChI is InChI=1S/C12H15ClN2O3/c1-2-14-11(16)7-15(8-12(17)18)10-5-3-4-9(13)6-10/h3-6H,2,7-8H2,1H3,(H,14,16)(H,17,18). The third-order valence-electron chi connectivity index (χ3n) is 2.21. The second kappa shape index (κ2) is 6.86. The number of anilines is 1. The SMILES string of the molecule is CCNC(=O)CN(CC(=O)O)c1cccc(Cl)c1. The molecule has 0 saturated heterocycles. The highest BCUT2D eigenvalue weighted by Gasteiger charge is 2.14. The van der Waals surface area contributed by atoms with E-state index < -0.39 is 5.97 Å². The first kappa shape index (κ1) is 14.3. The second-order valence-electron chi connectivity index (χ2n) is 3.68. The summed E-state index contributed by atoms with van der Waals surface area (Å²) in [6.07, 6.45) is 0. The number of hydrogen-bond donors (Lipinski definition) is 2. The predicted molar refractivity (Wildman–Crippen MR) is 70.0 cm³/mol. The van der Waals surface area contributed by atoms with Crippen LogP contribution in [0.4, 0.5) is 5.69 Å². The Morgan fingerprint density at radius 2 is 2.11 bits per heavy atom. The van der Waals surface area contributed by atoms with Gasteiger partial charge in [-0.15, -0.1) is 0 Å². The van der Waals surface area contributed by atoms with E-state index in [0.29, 0.717) is 17.3 Å². The van der Waals surface area contributed by atoms with Crippen LogP contribution in [0.5, 0.6) is 0 Å². The summed E-state index contributed by atoms with van der Waals surface area (Å²) in [5.41, 5.74) is 0.608. The molecule has 0 aliphatic carbocycles. The average Bonchev–Trinajstić information content (AvgIpc) is 2.28. The lowest BCUT2D eigenvalue weighted by atomic mass is 10.2. The van der Waals surface area contributed by atoms with E-state index in [0.717, 1.165) is 0 Å². The molecule has 0 radical (unpaired) electrons. The molecule has 0 saturated carbocycles. The van der Waals surface area contributed by atoms with Gasteiger partial charge in [-0.25, -0.2) is 0 Å². The summed E-state index contributed by atoms with van der Waals surface area (Å²) >= 11 is 5.85. The third-order valence-corrected chi connectivity index (χ3v) is 2.44. The number of carboxylic acids is 1. The van der Waals surface area contributed by atoms with Crippen LogP contribution in [-0.4, -0.2) is 36.6 Å². The van der Waals surface area contributed by atoms with Crippen LogP contribution in [0.3, 0.4) is 0 Å². The van der Waals surface area contributed by atoms with Crippen LogP contribution in [0, 0.1) is 0 Å². The Labute approximate surface area is 110 Å². The molecule has 0 aliphatic heterocycles. The number of nitrogens with zero attached hydrogens (tertiary/aromatic N) is 1. The van der Waals surface area contributed by atoms with Crippen molar-refractivity contribution in [3.63, 3.8) is 0 Å². The largest absolute Gasteiger partial charge is 0.480 e. The van der Waals surface area contributed by atoms with Gasteiger partial charge in [0.2, 0.25) is 5.91 Å². The molecule has 98 valence electrons. The molecule has 0 unspecified atom stereocenters. The van der Waals surface area contributed by atoms with Gasteiger partial charge in [0.05, 0.1) is 6.54 Å². The highest BCUT2D eigenvalue weighted by atomic mass is 35.5. The number of carboxylic acid groups (broad SMARTS) is 1. The van der Waals surface area contributed by atoms with Gasteiger partial charge in [0.15, 0.2) is 0 Å². The lowest BCUT2D eigenvalue weighted by Crippen LogP contribution is -2.39. The Morgan fingerprint density at radius 3 is 2.67 bits per heavy atom. The smallest absolute Gasteiger partial charge is 0.323 e. The Kier molecular flexibility index (Phi) is 5.45. The van der Waals surface area contributed by atoms with E-state index in [1.807, 2.05) is 0 Å². The molecule has 0 bridgehead atoms. The molecule has 0 fully saturated rings. The van der Waals surface area contributed by atoms with Crippen molar-refractivity contribution in [3.05, 3.63) is 29.3 Å². The van der Waals surface area contributed by atoms with Crippen molar-refractivity contribution >= 4 is 29.2 Å². The Balaban J connectivity index is 2.84. The zero-order valence-corrected chi connectivity index (χ0v) is 10.8. The summed E-state index contributed by atoms with van der Waals surface area (Å²) in [6.45, 7) is 2.05. The van der Waals surface area contributed by atoms with E-state index in [9.17, 15) is 9.59 Å². The molecular weight excluding hydrogens is 256 g/mol. The van der Waals surface area contributed by atoms with Crippen molar-refractivity contribution in [2.75, 3.05) is 24.5 Å². The number of benzene rings is 1. The summed E-state index contributed by atoms with van der Waals surface area (Å²) in [6, 6.07) is 6.75. The zero-order valence-electron chi connectivity index (χ0n) is 10.0. The second-order valence-corrected chi connectivity index (χ2v) is 4.12. The molecule has 0 heterocycles. The van der Waals surface area contributed by atoms with E-state index in [4.69, 9.17) is 16.7 Å². The molecule has 6 heteroatoms. The van der Waals surface area contributed by atoms with E-state index in [1.54, 1.807) is 31.2 Å². The number of rotatable bonds is 6. The third kappa shape index (κ3) is 4.63. The summed E-state index contributed by atoms with van der Waals surface area (Å²) in [5.74, 6) is -1.22. The van der Waals surface area contributed by atoms with Crippen molar-refractivity contribution in [2.24, 2.45) is 0 Å². The molecule has 0 aromatic heterocycles. The van der Waals surface area contributed by atoms with Crippen LogP contribution < -0.4 is 10.2 Å². The highest BCUT2D eigenvalue weighted by Crippen LogP contribution is 2.19. The van der Waals surface area contributed by atoms with Crippen LogP contribution in [0.1, 0.15) is 6.92 Å². The first-order chi connectivity index (χ1) is 8.52. The van der Waals surface area contributed by atoms with Crippen molar-refractivity contribution in [2.45, 2.75) is 6.92 Å². The number of carbonyl (C=O) groups excluding carboxylic acids is 1. The van der Waals surface area contributed by atoms with Crippen molar-refractivity contribution in [1.29, 1.82) is 0 Å². The molecule has 1 aromatic rings. The highest BCUT2D eigenvalue weighted by molar-refractivity contribution is 6.30. The first-order valence-electron chi connectivity index (χ1n) is 5.52. The van der Waals surface area contributed by atoms with E-state index in [2.05, 4.69) is 5.32 Å². The van der Waals surface area contributed by atoms with Gasteiger partial charge in [0, 0.05) is 17.3 Å². The fourth-order valence-corrected chi connectivity index (χ4v) is 1.69. The van der Waals surface area contributed by atoms with Crippen molar-refractivity contribution in [3.8, 4) is 0 Å². The number of halogens is 1. The monoisotopic (exact) mass is 270 g/mol. The average molecular weight is 271 g/mol. The molecule has 1 aromatic carbocycles. The molecule has 1 amide bonds. The fourth-order valence-electron chi connectivity index (χ4n) is 1.50. The molecule has 5 nitrogen and oxygen atoms in total. The number of carbonyl (C=O) groups is 2. The molecule has 0 spiro atoms. The van der Waals surface area contributed by atoms with Crippen LogP contribution in [0.2, 0.25) is 5.02 Å². The maximum atomic E-state index is 11.5. The maximum Gasteiger partial charge on any atom is 0.323 e. The zero-order chi connectivity index (χ0) is 13.5. The molecule has 0 aliphatic rings. The van der Waals surface area contributed by atoms with E-state index in [-0.39, 0.29) is 19.0 Å². The minimum Gasteiger partial charge on any atom is -0.480 e. The fraction of sp³-hybridized carbons (Fsp3) is 0.333. The van der Waals surface area contributed by atoms with Gasteiger partial charge in [-0.05, 0) is 25.1 Å². The Bertz CT molecular complexity index is 437. The molecule has 18 heavy (non-hydrogen) atoms. The normalized spacial score (nSPS) is 9.89. The lowest BCUT2D eigenvalue weighted by molar-refractivity contribution is -0.135. The quantitative estimate of drug-likeness (QED) is 0.819. The topological polar surface area (TPSA) is 69.6 Å². The number of amides is 1. The van der Waals surface area contributed by atoms with Crippen molar-refractivity contribution in [1.82, 2.24) is 5.32 Å². The van der Waals surface area contributed by atoms with Crippen LogP contribution in [0.25, 0.3) is 0 Å². The summed E-state index contributed by atoms with van der Waals surface area (Å²) < 4.78 is 0. The van der Waals surface area contributed by atoms with Gasteiger partial charge < -0.3 is 15.3 Å². The molecular formula is C12H15ClN2O3. The van der Waals surface area contributed by atoms with Gasteiger partial charge in [0.25, 0.3) is 0 Å². The van der Waals surface area contributed by atoms with Crippen LogP contribution in [0.15, 0.2) is 24.3 Å². The maximum absolute atomic E-state index is 11.5. The van der Waals surface area contributed by atoms with Gasteiger partial charge in [0.1, 0.15) is 6.54 Å². The van der Waals surface area contributed by atoms with Crippen LogP contribution >= 0.6 is 11.6 Å². The van der Waals surface area contributed by atoms with Gasteiger partial charge in [-0.2, -0.15) is 0 Å². The molecule has 2 N–H and O–H groups in total. The van der Waals surface area contributed by atoms with E-state index in [1.165, 1.54) is 4.90 Å². The molecule has 0 atom stereocenters. The number of hydrogen-bond acceptors (Lipinski definition) is 3. The lowest BCUT2D eigenvalue weighted by Gasteiger charge is -2.22. The van der Waals surface area contributed by atoms with Gasteiger partial charge in [-0.1, -0.05) is 17.7 Å². The van der Waals surface area contributed by atoms with Crippen molar-refractivity contribution < 1.29 is 14.7 Å². The van der Waals surface area contributed by atoms with Gasteiger partial charge in [-0.3, -0.25) is 9.59 Å². The number of nitrogens with one attached hydrogen (secondary N) is 1. The first-order valence-corrected chi connectivity index (χ1v) is 5.89. The summed E-state index contributed by atoms with van der Waals surface area (Å²) in [4.78, 5) is 23.8. The van der Waals surface area contributed by atoms with E-state index >= 15 is 0 Å².